The Morgan fingerprint density at radius 1 is 1.05 bits per heavy atom. The number of terminal acetylenes is 1. The third-order valence-electron chi connectivity index (χ3n) is 7.83. The van der Waals surface area contributed by atoms with Crippen molar-refractivity contribution in [3.8, 4) is 12.3 Å². The average Bonchev–Trinajstić information content (AvgIpc) is 2.84. The Bertz CT molecular complexity index is 751. The van der Waals surface area contributed by atoms with Crippen LogP contribution in [0.5, 0.6) is 0 Å². The molecule has 1 aliphatic carbocycles. The molecule has 37 heavy (non-hydrogen) atoms. The zero-order valence-corrected chi connectivity index (χ0v) is 25.0. The van der Waals surface area contributed by atoms with Gasteiger partial charge >= 0.3 is 0 Å². The topological polar surface area (TPSA) is 39.3 Å². The van der Waals surface area contributed by atoms with Crippen LogP contribution < -0.4 is 16.0 Å². The van der Waals surface area contributed by atoms with Crippen LogP contribution >= 0.6 is 0 Å². The zero-order chi connectivity index (χ0) is 27.8. The van der Waals surface area contributed by atoms with E-state index >= 15 is 0 Å². The van der Waals surface area contributed by atoms with E-state index in [1.165, 1.54) is 32.1 Å². The molecule has 1 aliphatic rings. The number of likely N-dealkylation sites (N-methyl/N-ethyl adjacent to an activating group) is 1. The minimum absolute atomic E-state index is 0.0932. The second-order valence-corrected chi connectivity index (χ2v) is 12.1. The van der Waals surface area contributed by atoms with Crippen LogP contribution in [0.15, 0.2) is 49.0 Å². The molecule has 0 aliphatic heterocycles. The van der Waals surface area contributed by atoms with Crippen molar-refractivity contribution >= 4 is 0 Å². The van der Waals surface area contributed by atoms with E-state index in [0.717, 1.165) is 73.9 Å². The number of hydrogen-bond acceptors (Lipinski definition) is 4. The summed E-state index contributed by atoms with van der Waals surface area (Å²) < 4.78 is 0. The van der Waals surface area contributed by atoms with Gasteiger partial charge in [-0.25, -0.2) is 0 Å². The maximum atomic E-state index is 5.49. The summed E-state index contributed by atoms with van der Waals surface area (Å²) in [6.45, 7) is 28.4. The Balaban J connectivity index is 2.43. The lowest BCUT2D eigenvalue weighted by atomic mass is 9.83. The maximum Gasteiger partial charge on any atom is 0.0844 e. The highest BCUT2D eigenvalue weighted by Crippen LogP contribution is 2.27. The van der Waals surface area contributed by atoms with E-state index < -0.39 is 0 Å². The van der Waals surface area contributed by atoms with Crippen LogP contribution in [0.3, 0.4) is 0 Å². The Morgan fingerprint density at radius 3 is 2.35 bits per heavy atom. The SMILES string of the molecule is C#CC=CC(NC(=C)C(C)CC(=C)N(C)CCNCC1CCC(C)CC1)C(=C)NCCC(C)CC(C)C. The number of nitrogens with one attached hydrogen (secondary N) is 3. The Labute approximate surface area is 230 Å². The number of allylic oxidation sites excluding steroid dienone is 3. The second kappa shape index (κ2) is 18.2. The molecule has 0 aromatic heterocycles. The first-order valence-corrected chi connectivity index (χ1v) is 14.6. The van der Waals surface area contributed by atoms with Crippen LogP contribution in [0, 0.1) is 41.9 Å². The van der Waals surface area contributed by atoms with Gasteiger partial charge in [0.2, 0.25) is 0 Å². The lowest BCUT2D eigenvalue weighted by molar-refractivity contribution is 0.278. The maximum absolute atomic E-state index is 5.49. The fourth-order valence-electron chi connectivity index (χ4n) is 5.13. The molecule has 4 nitrogen and oxygen atoms in total. The number of rotatable bonds is 19. The summed E-state index contributed by atoms with van der Waals surface area (Å²) in [5.74, 6) is 6.03. The largest absolute Gasteiger partial charge is 0.387 e. The van der Waals surface area contributed by atoms with Crippen LogP contribution in [-0.4, -0.2) is 44.2 Å². The minimum atomic E-state index is -0.0932. The Kier molecular flexibility index (Phi) is 16.2. The molecular formula is C33H58N4. The van der Waals surface area contributed by atoms with Gasteiger partial charge < -0.3 is 20.9 Å². The van der Waals surface area contributed by atoms with Gasteiger partial charge in [0.15, 0.2) is 0 Å². The van der Waals surface area contributed by atoms with Gasteiger partial charge in [-0.15, -0.1) is 6.42 Å². The fraction of sp³-hybridized carbons (Fsp3) is 0.697. The van der Waals surface area contributed by atoms with Gasteiger partial charge in [-0.2, -0.15) is 0 Å². The van der Waals surface area contributed by atoms with Crippen molar-refractivity contribution in [1.82, 2.24) is 20.9 Å². The van der Waals surface area contributed by atoms with E-state index in [-0.39, 0.29) is 12.0 Å². The van der Waals surface area contributed by atoms with Crippen molar-refractivity contribution in [2.45, 2.75) is 85.6 Å². The highest BCUT2D eigenvalue weighted by Gasteiger charge is 2.18. The molecule has 1 rings (SSSR count). The summed E-state index contributed by atoms with van der Waals surface area (Å²) in [5, 5.41) is 10.7. The normalized spacial score (nSPS) is 20.2. The van der Waals surface area contributed by atoms with Crippen LogP contribution in [0.4, 0.5) is 0 Å². The van der Waals surface area contributed by atoms with E-state index in [4.69, 9.17) is 6.42 Å². The molecule has 0 saturated heterocycles. The smallest absolute Gasteiger partial charge is 0.0844 e. The molecule has 4 heteroatoms. The molecule has 3 unspecified atom stereocenters. The molecule has 210 valence electrons. The summed E-state index contributed by atoms with van der Waals surface area (Å²) in [6.07, 6.45) is 18.0. The molecule has 3 atom stereocenters. The van der Waals surface area contributed by atoms with Crippen molar-refractivity contribution < 1.29 is 0 Å². The Hall–Kier alpha value is -2.12. The van der Waals surface area contributed by atoms with Crippen LogP contribution in [0.2, 0.25) is 0 Å². The van der Waals surface area contributed by atoms with Gasteiger partial charge in [0.05, 0.1) is 6.04 Å². The first-order chi connectivity index (χ1) is 17.5. The number of nitrogens with zero attached hydrogens (tertiary/aromatic N) is 1. The summed E-state index contributed by atoms with van der Waals surface area (Å²) in [4.78, 5) is 2.27. The Morgan fingerprint density at radius 2 is 1.73 bits per heavy atom. The van der Waals surface area contributed by atoms with E-state index in [9.17, 15) is 0 Å². The lowest BCUT2D eigenvalue weighted by Crippen LogP contribution is -2.36. The fourth-order valence-corrected chi connectivity index (χ4v) is 5.13. The quantitative estimate of drug-likeness (QED) is 0.133. The van der Waals surface area contributed by atoms with Gasteiger partial charge in [-0.05, 0) is 74.5 Å². The first-order valence-electron chi connectivity index (χ1n) is 14.6. The van der Waals surface area contributed by atoms with Crippen molar-refractivity contribution in [3.05, 3.63) is 49.0 Å². The summed E-state index contributed by atoms with van der Waals surface area (Å²) in [6, 6.07) is -0.0932. The zero-order valence-electron chi connectivity index (χ0n) is 25.0. The van der Waals surface area contributed by atoms with E-state index in [2.05, 4.69) is 88.2 Å². The van der Waals surface area contributed by atoms with Crippen molar-refractivity contribution in [1.29, 1.82) is 0 Å². The second-order valence-electron chi connectivity index (χ2n) is 12.1. The van der Waals surface area contributed by atoms with Crippen LogP contribution in [-0.2, 0) is 0 Å². The molecule has 1 fully saturated rings. The van der Waals surface area contributed by atoms with Crippen LogP contribution in [0.1, 0.15) is 79.6 Å². The van der Waals surface area contributed by atoms with Crippen molar-refractivity contribution in [3.63, 3.8) is 0 Å². The lowest BCUT2D eigenvalue weighted by Gasteiger charge is -2.29. The third kappa shape index (κ3) is 14.4. The molecule has 0 aromatic rings. The van der Waals surface area contributed by atoms with Gasteiger partial charge in [0.1, 0.15) is 0 Å². The van der Waals surface area contributed by atoms with Gasteiger partial charge in [0, 0.05) is 49.7 Å². The highest BCUT2D eigenvalue weighted by atomic mass is 15.1. The molecule has 0 spiro atoms. The molecule has 0 heterocycles. The van der Waals surface area contributed by atoms with Crippen molar-refractivity contribution in [2.75, 3.05) is 33.2 Å². The van der Waals surface area contributed by atoms with E-state index in [1.54, 1.807) is 6.08 Å². The molecule has 1 saturated carbocycles. The number of hydrogen-bond donors (Lipinski definition) is 3. The molecular weight excluding hydrogens is 452 g/mol. The first kappa shape index (κ1) is 32.9. The van der Waals surface area contributed by atoms with Gasteiger partial charge in [0.25, 0.3) is 0 Å². The predicted octanol–water partition coefficient (Wildman–Crippen LogP) is 6.71. The molecule has 0 radical (unpaired) electrons. The molecule has 0 amide bonds. The van der Waals surface area contributed by atoms with E-state index in [1.807, 2.05) is 6.08 Å². The molecule has 0 bridgehead atoms. The summed E-state index contributed by atoms with van der Waals surface area (Å²) >= 11 is 0. The van der Waals surface area contributed by atoms with Gasteiger partial charge in [-0.1, -0.05) is 73.1 Å². The van der Waals surface area contributed by atoms with Crippen LogP contribution in [0.25, 0.3) is 0 Å². The minimum Gasteiger partial charge on any atom is -0.387 e. The highest BCUT2D eigenvalue weighted by molar-refractivity contribution is 5.22. The van der Waals surface area contributed by atoms with E-state index in [0.29, 0.717) is 5.92 Å². The summed E-state index contributed by atoms with van der Waals surface area (Å²) in [5.41, 5.74) is 3.03. The molecule has 3 N–H and O–H groups in total. The average molecular weight is 511 g/mol. The third-order valence-corrected chi connectivity index (χ3v) is 7.83. The molecule has 0 aromatic carbocycles. The monoisotopic (exact) mass is 510 g/mol. The predicted molar refractivity (Wildman–Crippen MR) is 164 cm³/mol. The standard InChI is InChI=1S/C33H58N4/c1-11-12-13-33(31(9)35-19-18-27(5)22-25(2)3)36-30(8)28(6)23-29(7)37(10)21-20-34-24-32-16-14-26(4)15-17-32/h1,12-13,25-28,32-36H,7-9,14-24H2,2-6,10H3. The van der Waals surface area contributed by atoms with Gasteiger partial charge in [-0.3, -0.25) is 0 Å². The van der Waals surface area contributed by atoms with Crippen molar-refractivity contribution in [2.24, 2.45) is 29.6 Å². The summed E-state index contributed by atoms with van der Waals surface area (Å²) in [7, 11) is 2.14.